The standard InChI is InChI=1S/C66H35B2NO5/c1-5-17-36(18-6-1)40-29-46-60-54(31-40)70-55-32-41(37-19-7-2-8-20-37)30-47-61(55)69(60)62-58-52(73-65-48(67(46)58)33-44-42-25-13-15-27-50(42)71-63(44)56(65)38-21-9-3-10-22-38)35-53-59(62)68(47)49-34-45-43-26-14-16-28-51(43)72-64(45)57(66(49)74-53)39-23-11-4-12-24-39/h1-35H. The first-order valence-corrected chi connectivity index (χ1v) is 25.3. The number of anilines is 3. The minimum absolute atomic E-state index is 0.277. The second-order valence-electron chi connectivity index (χ2n) is 20.1. The molecule has 0 bridgehead atoms. The van der Waals surface area contributed by atoms with Crippen LogP contribution in [0.25, 0.3) is 88.4 Å². The van der Waals surface area contributed by atoms with E-state index in [1.165, 1.54) is 0 Å². The van der Waals surface area contributed by atoms with Gasteiger partial charge in [0.1, 0.15) is 45.3 Å². The minimum atomic E-state index is -0.277. The first-order chi connectivity index (χ1) is 36.7. The van der Waals surface area contributed by atoms with Crippen LogP contribution in [0.3, 0.4) is 0 Å². The predicted molar refractivity (Wildman–Crippen MR) is 300 cm³/mol. The van der Waals surface area contributed by atoms with Crippen LogP contribution in [-0.4, -0.2) is 13.4 Å². The van der Waals surface area contributed by atoms with Gasteiger partial charge in [-0.25, -0.2) is 0 Å². The highest BCUT2D eigenvalue weighted by molar-refractivity contribution is 7.04. The molecule has 13 aromatic rings. The topological polar surface area (TPSA) is 57.2 Å². The lowest BCUT2D eigenvalue weighted by Gasteiger charge is -2.49. The van der Waals surface area contributed by atoms with Crippen molar-refractivity contribution in [1.29, 1.82) is 0 Å². The fraction of sp³-hybridized carbons (Fsp3) is 0. The summed E-state index contributed by atoms with van der Waals surface area (Å²) in [4.78, 5) is 2.50. The molecule has 0 fully saturated rings. The summed E-state index contributed by atoms with van der Waals surface area (Å²) < 4.78 is 36.5. The molecule has 2 aromatic heterocycles. The largest absolute Gasteiger partial charge is 0.457 e. The van der Waals surface area contributed by atoms with E-state index >= 15 is 0 Å². The molecule has 0 atom stereocenters. The van der Waals surface area contributed by atoms with Crippen molar-refractivity contribution in [2.24, 2.45) is 0 Å². The number of para-hydroxylation sites is 2. The van der Waals surface area contributed by atoms with Crippen molar-refractivity contribution in [3.8, 4) is 79.0 Å². The van der Waals surface area contributed by atoms with Gasteiger partial charge in [-0.05, 0) is 90.4 Å². The van der Waals surface area contributed by atoms with Crippen molar-refractivity contribution < 1.29 is 23.0 Å². The first kappa shape index (κ1) is 39.0. The molecule has 0 radical (unpaired) electrons. The van der Waals surface area contributed by atoms with Gasteiger partial charge in [-0.3, -0.25) is 0 Å². The van der Waals surface area contributed by atoms with E-state index in [1.54, 1.807) is 0 Å². The number of rotatable bonds is 4. The van der Waals surface area contributed by atoms with Crippen molar-refractivity contribution in [3.63, 3.8) is 0 Å². The minimum Gasteiger partial charge on any atom is -0.457 e. The molecular weight excluding hydrogens is 908 g/mol. The summed E-state index contributed by atoms with van der Waals surface area (Å²) in [5, 5.41) is 4.21. The van der Waals surface area contributed by atoms with Crippen LogP contribution in [0.1, 0.15) is 0 Å². The molecule has 0 N–H and O–H groups in total. The Morgan fingerprint density at radius 3 is 1.15 bits per heavy atom. The van der Waals surface area contributed by atoms with E-state index in [2.05, 4.69) is 205 Å². The average molecular weight is 944 g/mol. The van der Waals surface area contributed by atoms with E-state index < -0.39 is 0 Å². The summed E-state index contributed by atoms with van der Waals surface area (Å²) in [5.74, 6) is 4.62. The molecular formula is C66H35B2NO5. The lowest BCUT2D eigenvalue weighted by atomic mass is 9.29. The molecule has 18 rings (SSSR count). The SMILES string of the molecule is c1ccc(-c2cc3c4c(c2)B2c5cc6c(oc7ccccc76)c(-c6ccccc6)c5Oc5cc6c7c(c52)N4c2c(cc(-c4ccccc4)cc2B7c2cc4c(oc5ccccc54)c(-c4ccccc4)c2O6)O3)cc1. The maximum Gasteiger partial charge on any atom is 0.256 e. The summed E-state index contributed by atoms with van der Waals surface area (Å²) in [6, 6.07) is 75.3. The number of benzene rings is 11. The zero-order chi connectivity index (χ0) is 47.9. The molecule has 7 heterocycles. The number of hydrogen-bond acceptors (Lipinski definition) is 6. The van der Waals surface area contributed by atoms with Gasteiger partial charge in [-0.15, -0.1) is 0 Å². The fourth-order valence-corrected chi connectivity index (χ4v) is 13.3. The zero-order valence-electron chi connectivity index (χ0n) is 39.4. The van der Waals surface area contributed by atoms with Crippen LogP contribution in [0.15, 0.2) is 221 Å². The predicted octanol–water partition coefficient (Wildman–Crippen LogP) is 13.6. The molecule has 0 saturated carbocycles. The Bertz CT molecular complexity index is 4360. The fourth-order valence-electron chi connectivity index (χ4n) is 13.3. The van der Waals surface area contributed by atoms with E-state index in [-0.39, 0.29) is 13.4 Å². The normalized spacial score (nSPS) is 13.6. The van der Waals surface area contributed by atoms with Crippen LogP contribution in [-0.2, 0) is 0 Å². The molecule has 11 aromatic carbocycles. The van der Waals surface area contributed by atoms with Crippen molar-refractivity contribution in [3.05, 3.63) is 212 Å². The van der Waals surface area contributed by atoms with Crippen LogP contribution < -0.4 is 51.9 Å². The molecule has 8 heteroatoms. The molecule has 74 heavy (non-hydrogen) atoms. The maximum absolute atomic E-state index is 7.62. The van der Waals surface area contributed by atoms with Crippen LogP contribution in [0.5, 0.6) is 34.5 Å². The monoisotopic (exact) mass is 943 g/mol. The van der Waals surface area contributed by atoms with E-state index in [9.17, 15) is 0 Å². The first-order valence-electron chi connectivity index (χ1n) is 25.3. The highest BCUT2D eigenvalue weighted by atomic mass is 16.5. The summed E-state index contributed by atoms with van der Waals surface area (Å²) in [6.45, 7) is -0.554. The zero-order valence-corrected chi connectivity index (χ0v) is 39.4. The number of nitrogens with zero attached hydrogens (tertiary/aromatic N) is 1. The molecule has 340 valence electrons. The Kier molecular flexibility index (Phi) is 7.41. The van der Waals surface area contributed by atoms with E-state index in [4.69, 9.17) is 23.0 Å². The van der Waals surface area contributed by atoms with Gasteiger partial charge in [-0.2, -0.15) is 0 Å². The van der Waals surface area contributed by atoms with E-state index in [0.29, 0.717) is 0 Å². The van der Waals surface area contributed by atoms with Crippen LogP contribution >= 0.6 is 0 Å². The van der Waals surface area contributed by atoms with Crippen molar-refractivity contribution in [2.75, 3.05) is 4.90 Å². The van der Waals surface area contributed by atoms with E-state index in [1.807, 2.05) is 12.1 Å². The second-order valence-corrected chi connectivity index (χ2v) is 20.1. The van der Waals surface area contributed by atoms with Crippen molar-refractivity contribution >= 4 is 107 Å². The highest BCUT2D eigenvalue weighted by Crippen LogP contribution is 2.57. The third-order valence-electron chi connectivity index (χ3n) is 16.3. The van der Waals surface area contributed by atoms with Gasteiger partial charge < -0.3 is 27.9 Å². The summed E-state index contributed by atoms with van der Waals surface area (Å²) >= 11 is 0. The number of furan rings is 2. The molecule has 5 aliphatic heterocycles. The van der Waals surface area contributed by atoms with Crippen molar-refractivity contribution in [1.82, 2.24) is 0 Å². The summed E-state index contributed by atoms with van der Waals surface area (Å²) in [6.07, 6.45) is 0. The third kappa shape index (κ3) is 5.01. The summed E-state index contributed by atoms with van der Waals surface area (Å²) in [7, 11) is 0. The summed E-state index contributed by atoms with van der Waals surface area (Å²) in [5.41, 5.74) is 21.2. The third-order valence-corrected chi connectivity index (χ3v) is 16.3. The van der Waals surface area contributed by atoms with Gasteiger partial charge in [0.2, 0.25) is 0 Å². The Balaban J connectivity index is 1.01. The van der Waals surface area contributed by atoms with Gasteiger partial charge in [0.25, 0.3) is 13.4 Å². The van der Waals surface area contributed by atoms with Crippen LogP contribution in [0.4, 0.5) is 17.1 Å². The smallest absolute Gasteiger partial charge is 0.256 e. The van der Waals surface area contributed by atoms with Crippen LogP contribution in [0, 0.1) is 0 Å². The van der Waals surface area contributed by atoms with Gasteiger partial charge in [0, 0.05) is 33.3 Å². The number of fused-ring (bicyclic) bond motifs is 12. The van der Waals surface area contributed by atoms with Gasteiger partial charge in [-0.1, -0.05) is 182 Å². The molecule has 0 saturated heterocycles. The van der Waals surface area contributed by atoms with Crippen LogP contribution in [0.2, 0.25) is 0 Å². The lowest BCUT2D eigenvalue weighted by molar-refractivity contribution is 0.465. The van der Waals surface area contributed by atoms with Crippen molar-refractivity contribution in [2.45, 2.75) is 0 Å². The molecule has 0 aliphatic carbocycles. The Labute approximate surface area is 424 Å². The average Bonchev–Trinajstić information content (AvgIpc) is 4.13. The molecule has 0 spiro atoms. The Hall–Kier alpha value is -9.65. The number of ether oxygens (including phenoxy) is 3. The molecule has 6 nitrogen and oxygen atoms in total. The quantitative estimate of drug-likeness (QED) is 0.164. The van der Waals surface area contributed by atoms with E-state index in [0.717, 1.165) is 173 Å². The second kappa shape index (κ2) is 14.1. The van der Waals surface area contributed by atoms with Gasteiger partial charge >= 0.3 is 0 Å². The Morgan fingerprint density at radius 2 is 0.703 bits per heavy atom. The highest BCUT2D eigenvalue weighted by Gasteiger charge is 2.54. The van der Waals surface area contributed by atoms with Gasteiger partial charge in [0.05, 0.1) is 22.5 Å². The maximum atomic E-state index is 7.62. The lowest BCUT2D eigenvalue weighted by Crippen LogP contribution is -2.67. The molecule has 0 amide bonds. The Morgan fingerprint density at radius 1 is 0.297 bits per heavy atom. The van der Waals surface area contributed by atoms with Gasteiger partial charge in [0.15, 0.2) is 11.5 Å². The molecule has 5 aliphatic rings. The number of hydrogen-bond donors (Lipinski definition) is 0. The molecule has 0 unspecified atom stereocenters.